The summed E-state index contributed by atoms with van der Waals surface area (Å²) in [7, 11) is 6.00. The molecule has 1 aliphatic rings. The van der Waals surface area contributed by atoms with E-state index in [-0.39, 0.29) is 0 Å². The summed E-state index contributed by atoms with van der Waals surface area (Å²) < 4.78 is 0. The predicted molar refractivity (Wildman–Crippen MR) is 215 cm³/mol. The minimum atomic E-state index is 1.00. The van der Waals surface area contributed by atoms with Gasteiger partial charge in [-0.2, -0.15) is 0 Å². The van der Waals surface area contributed by atoms with E-state index >= 15 is 0 Å². The smallest absolute Gasteiger partial charge is 0.0319 e. The lowest BCUT2D eigenvalue weighted by molar-refractivity contribution is 0.399. The highest BCUT2D eigenvalue weighted by Crippen LogP contribution is 2.18. The molecule has 0 aliphatic heterocycles. The largest absolute Gasteiger partial charge is 0.400 e. The molecule has 6 heteroatoms. The Hall–Kier alpha value is -0.240. The van der Waals surface area contributed by atoms with Gasteiger partial charge in [0.25, 0.3) is 0 Å². The van der Waals surface area contributed by atoms with Crippen LogP contribution < -0.4 is 0 Å². The number of aliphatic hydroxyl groups is 6. The van der Waals surface area contributed by atoms with Crippen molar-refractivity contribution in [3.05, 3.63) is 0 Å². The van der Waals surface area contributed by atoms with Crippen LogP contribution in [0.2, 0.25) is 0 Å². The zero-order chi connectivity index (χ0) is 37.5. The fourth-order valence-corrected chi connectivity index (χ4v) is 6.36. The summed E-state index contributed by atoms with van der Waals surface area (Å²) in [5, 5.41) is 42.0. The van der Waals surface area contributed by atoms with E-state index in [2.05, 4.69) is 0 Å². The summed E-state index contributed by atoms with van der Waals surface area (Å²) in [6.07, 6.45) is 54.0. The summed E-state index contributed by atoms with van der Waals surface area (Å²) in [5.74, 6) is 0. The molecule has 0 unspecified atom stereocenters. The second-order valence-electron chi connectivity index (χ2n) is 12.7. The second kappa shape index (κ2) is 76.6. The summed E-state index contributed by atoms with van der Waals surface area (Å²) in [4.78, 5) is 0. The van der Waals surface area contributed by atoms with Crippen molar-refractivity contribution < 1.29 is 30.6 Å². The molecule has 0 spiro atoms. The molecule has 0 aromatic carbocycles. The molecule has 0 aromatic rings. The summed E-state index contributed by atoms with van der Waals surface area (Å²) >= 11 is 0. The topological polar surface area (TPSA) is 121 Å². The molecule has 0 bridgehead atoms. The molecule has 6 N–H and O–H groups in total. The molecule has 1 saturated carbocycles. The van der Waals surface area contributed by atoms with Crippen LogP contribution >= 0.6 is 0 Å². The third-order valence-electron chi connectivity index (χ3n) is 9.00. The molecule has 0 radical (unpaired) electrons. The Morgan fingerprint density at radius 2 is 0.125 bits per heavy atom. The highest BCUT2D eigenvalue weighted by molar-refractivity contribution is 4.54. The zero-order valence-corrected chi connectivity index (χ0v) is 34.1. The molecule has 6 nitrogen and oxygen atoms in total. The van der Waals surface area contributed by atoms with Crippen molar-refractivity contribution >= 4 is 0 Å². The van der Waals surface area contributed by atoms with Crippen LogP contribution in [0.25, 0.3) is 0 Å². The first-order chi connectivity index (χ1) is 24.0. The first-order valence-electron chi connectivity index (χ1n) is 20.7. The van der Waals surface area contributed by atoms with Crippen molar-refractivity contribution in [2.24, 2.45) is 0 Å². The Labute approximate surface area is 303 Å². The van der Waals surface area contributed by atoms with Gasteiger partial charge in [-0.25, -0.2) is 0 Å². The predicted octanol–water partition coefficient (Wildman–Crippen LogP) is 11.7. The zero-order valence-electron chi connectivity index (χ0n) is 34.1. The number of aliphatic hydroxyl groups excluding tert-OH is 6. The quantitative estimate of drug-likeness (QED) is 0.150. The van der Waals surface area contributed by atoms with Crippen molar-refractivity contribution in [3.8, 4) is 0 Å². The Balaban J connectivity index is -0.000000329. The first kappa shape index (κ1) is 59.9. The van der Waals surface area contributed by atoms with Crippen LogP contribution in [0, 0.1) is 0 Å². The van der Waals surface area contributed by atoms with Gasteiger partial charge in [0, 0.05) is 42.7 Å². The van der Waals surface area contributed by atoms with E-state index in [1.807, 2.05) is 0 Å². The second-order valence-corrected chi connectivity index (χ2v) is 12.7. The van der Waals surface area contributed by atoms with Crippen LogP contribution in [0.15, 0.2) is 0 Å². The van der Waals surface area contributed by atoms with Crippen LogP contribution in [-0.2, 0) is 0 Å². The standard InChI is InChI=1S/C36H72.6CH4O/c1-2-4-6-8-10-12-14-16-18-20-22-24-26-28-30-32-34-36-35-33-31-29-27-25-23-21-19-17-15-13-11-9-7-5-3-1;6*1-2/h1-36H2;6*2H,1H3. The van der Waals surface area contributed by atoms with E-state index in [9.17, 15) is 0 Å². The molecule has 300 valence electrons. The molecule has 1 fully saturated rings. The highest BCUT2D eigenvalue weighted by Gasteiger charge is 1.98. The lowest BCUT2D eigenvalue weighted by atomic mass is 10.0. The monoisotopic (exact) mass is 697 g/mol. The Morgan fingerprint density at radius 3 is 0.146 bits per heavy atom. The molecule has 0 atom stereocenters. The average molecular weight is 697 g/mol. The number of rotatable bonds is 0. The van der Waals surface area contributed by atoms with Crippen LogP contribution in [0.1, 0.15) is 231 Å². The normalized spacial score (nSPS) is 18.8. The van der Waals surface area contributed by atoms with E-state index in [0.29, 0.717) is 0 Å². The molecule has 0 amide bonds. The Morgan fingerprint density at radius 1 is 0.104 bits per heavy atom. The van der Waals surface area contributed by atoms with Gasteiger partial charge in [-0.05, 0) is 0 Å². The highest BCUT2D eigenvalue weighted by atomic mass is 16.2. The summed E-state index contributed by atoms with van der Waals surface area (Å²) in [6, 6.07) is 0. The fraction of sp³-hybridized carbons (Fsp3) is 1.00. The van der Waals surface area contributed by atoms with Gasteiger partial charge in [0.1, 0.15) is 0 Å². The van der Waals surface area contributed by atoms with E-state index < -0.39 is 0 Å². The lowest BCUT2D eigenvalue weighted by Gasteiger charge is -2.05. The van der Waals surface area contributed by atoms with Crippen molar-refractivity contribution in [1.82, 2.24) is 0 Å². The average Bonchev–Trinajstić information content (AvgIpc) is 3.17. The van der Waals surface area contributed by atoms with Crippen molar-refractivity contribution in [2.45, 2.75) is 231 Å². The number of hydrogen-bond donors (Lipinski definition) is 6. The van der Waals surface area contributed by atoms with Crippen LogP contribution in [0.5, 0.6) is 0 Å². The van der Waals surface area contributed by atoms with Gasteiger partial charge in [0.15, 0.2) is 0 Å². The van der Waals surface area contributed by atoms with Gasteiger partial charge >= 0.3 is 0 Å². The first-order valence-corrected chi connectivity index (χ1v) is 20.7. The molecule has 48 heavy (non-hydrogen) atoms. The molecule has 0 saturated heterocycles. The molecule has 1 aliphatic carbocycles. The summed E-state index contributed by atoms with van der Waals surface area (Å²) in [5.41, 5.74) is 0. The van der Waals surface area contributed by atoms with E-state index in [1.54, 1.807) is 0 Å². The van der Waals surface area contributed by atoms with Crippen molar-refractivity contribution in [1.29, 1.82) is 0 Å². The Bertz CT molecular complexity index is 212. The van der Waals surface area contributed by atoms with Crippen LogP contribution in [-0.4, -0.2) is 73.3 Å². The minimum absolute atomic E-state index is 1.00. The third-order valence-corrected chi connectivity index (χ3v) is 9.00. The molecule has 0 aromatic heterocycles. The Kier molecular flexibility index (Phi) is 95.5. The van der Waals surface area contributed by atoms with Gasteiger partial charge in [0.05, 0.1) is 0 Å². The van der Waals surface area contributed by atoms with Crippen LogP contribution in [0.4, 0.5) is 0 Å². The maximum absolute atomic E-state index is 7.00. The van der Waals surface area contributed by atoms with Gasteiger partial charge < -0.3 is 30.6 Å². The van der Waals surface area contributed by atoms with E-state index in [0.717, 1.165) is 42.7 Å². The fourth-order valence-electron chi connectivity index (χ4n) is 6.36. The summed E-state index contributed by atoms with van der Waals surface area (Å²) in [6.45, 7) is 0. The van der Waals surface area contributed by atoms with Gasteiger partial charge in [-0.15, -0.1) is 0 Å². The molecule has 0 heterocycles. The van der Waals surface area contributed by atoms with Crippen molar-refractivity contribution in [2.75, 3.05) is 42.7 Å². The third kappa shape index (κ3) is 71.7. The molecular weight excluding hydrogens is 600 g/mol. The number of hydrogen-bond acceptors (Lipinski definition) is 6. The van der Waals surface area contributed by atoms with E-state index in [1.165, 1.54) is 231 Å². The van der Waals surface area contributed by atoms with E-state index in [4.69, 9.17) is 30.6 Å². The molecule has 1 rings (SSSR count). The maximum atomic E-state index is 7.00. The molecular formula is C42H96O6. The maximum Gasteiger partial charge on any atom is 0.0319 e. The van der Waals surface area contributed by atoms with Crippen LogP contribution in [0.3, 0.4) is 0 Å². The van der Waals surface area contributed by atoms with Gasteiger partial charge in [0.2, 0.25) is 0 Å². The lowest BCUT2D eigenvalue weighted by Crippen LogP contribution is -1.85. The van der Waals surface area contributed by atoms with Crippen molar-refractivity contribution in [3.63, 3.8) is 0 Å². The minimum Gasteiger partial charge on any atom is -0.400 e. The van der Waals surface area contributed by atoms with Gasteiger partial charge in [-0.1, -0.05) is 231 Å². The van der Waals surface area contributed by atoms with Gasteiger partial charge in [-0.3, -0.25) is 0 Å². The SMILES string of the molecule is C1CCCCCCCCCCCCCCCCCCCCCCCCCCCCCCCCCCC1.CO.CO.CO.CO.CO.CO.